The molecule has 12 nitrogen and oxygen atoms in total. The third kappa shape index (κ3) is 6.79. The maximum Gasteiger partial charge on any atom is 0.243 e. The van der Waals surface area contributed by atoms with E-state index in [2.05, 4.69) is 31.0 Å². The van der Waals surface area contributed by atoms with E-state index in [1.807, 2.05) is 0 Å². The first kappa shape index (κ1) is 31.2. The highest BCUT2D eigenvalue weighted by Crippen LogP contribution is 2.30. The number of ether oxygens (including phenoxy) is 2. The minimum atomic E-state index is -4.32. The lowest BCUT2D eigenvalue weighted by Gasteiger charge is -2.39. The topological polar surface area (TPSA) is 149 Å². The fraction of sp³-hybridized carbons (Fsp3) is 0.714. The van der Waals surface area contributed by atoms with Gasteiger partial charge in [0.1, 0.15) is 24.1 Å². The van der Waals surface area contributed by atoms with Crippen LogP contribution in [0.5, 0.6) is 0 Å². The SMILES string of the molecule is CC(C)(C)CN1C[C@@H]2C[C@H]1C(=O)N1CCO[C@@H](C1)CN(S(=O)(=O)c1cccc(F)c1)C[C@H]1O[C@@H](CC(=O)N2)[C@H](O)[C@@H]1O. The summed E-state index contributed by atoms with van der Waals surface area (Å²) in [6.45, 7) is 7.42. The van der Waals surface area contributed by atoms with E-state index < -0.39 is 58.3 Å². The normalized spacial score (nSPS) is 34.0. The van der Waals surface area contributed by atoms with Crippen LogP contribution in [0.1, 0.15) is 33.6 Å². The summed E-state index contributed by atoms with van der Waals surface area (Å²) in [4.78, 5) is 30.4. The lowest BCUT2D eigenvalue weighted by molar-refractivity contribution is -0.144. The molecule has 0 aliphatic carbocycles. The first-order valence-corrected chi connectivity index (χ1v) is 15.9. The molecular formula is C28H41FN4O8S. The summed E-state index contributed by atoms with van der Waals surface area (Å²) >= 11 is 0. The van der Waals surface area contributed by atoms with Gasteiger partial charge in [-0.1, -0.05) is 26.8 Å². The van der Waals surface area contributed by atoms with E-state index in [1.165, 1.54) is 12.1 Å². The first-order chi connectivity index (χ1) is 19.7. The van der Waals surface area contributed by atoms with E-state index in [9.17, 15) is 32.6 Å². The van der Waals surface area contributed by atoms with Gasteiger partial charge in [-0.05, 0) is 30.0 Å². The van der Waals surface area contributed by atoms with Crippen LogP contribution >= 0.6 is 0 Å². The molecule has 4 heterocycles. The fourth-order valence-electron chi connectivity index (χ4n) is 6.38. The minimum Gasteiger partial charge on any atom is -0.388 e. The molecule has 4 aliphatic rings. The van der Waals surface area contributed by atoms with Gasteiger partial charge in [-0.2, -0.15) is 4.31 Å². The zero-order valence-corrected chi connectivity index (χ0v) is 25.0. The highest BCUT2D eigenvalue weighted by molar-refractivity contribution is 7.89. The Balaban J connectivity index is 1.48. The molecule has 1 aromatic carbocycles. The number of sulfonamides is 1. The molecule has 3 N–H and O–H groups in total. The Morgan fingerprint density at radius 3 is 2.52 bits per heavy atom. The van der Waals surface area contributed by atoms with Crippen LogP contribution < -0.4 is 5.32 Å². The lowest BCUT2D eigenvalue weighted by Crippen LogP contribution is -2.55. The number of morpholine rings is 1. The van der Waals surface area contributed by atoms with Gasteiger partial charge in [-0.3, -0.25) is 14.5 Å². The molecule has 0 unspecified atom stereocenters. The molecule has 6 bridgehead atoms. The van der Waals surface area contributed by atoms with Crippen molar-refractivity contribution >= 4 is 21.8 Å². The molecule has 1 aromatic rings. The Bertz CT molecular complexity index is 1280. The molecule has 0 radical (unpaired) electrons. The number of hydrogen-bond acceptors (Lipinski definition) is 9. The van der Waals surface area contributed by atoms with Crippen LogP contribution in [0.15, 0.2) is 29.2 Å². The highest BCUT2D eigenvalue weighted by atomic mass is 32.2. The number of fused-ring (bicyclic) bond motifs is 6. The van der Waals surface area contributed by atoms with Crippen LogP contribution in [0.25, 0.3) is 0 Å². The van der Waals surface area contributed by atoms with Gasteiger partial charge in [0.2, 0.25) is 21.8 Å². The van der Waals surface area contributed by atoms with Crippen molar-refractivity contribution in [1.82, 2.24) is 19.4 Å². The van der Waals surface area contributed by atoms with Crippen molar-refractivity contribution in [2.75, 3.05) is 45.9 Å². The van der Waals surface area contributed by atoms with Crippen LogP contribution in [0.4, 0.5) is 4.39 Å². The highest BCUT2D eigenvalue weighted by Gasteiger charge is 2.47. The summed E-state index contributed by atoms with van der Waals surface area (Å²) in [5, 5.41) is 24.5. The molecule has 0 aromatic heterocycles. The molecular weight excluding hydrogens is 571 g/mol. The molecule has 2 amide bonds. The number of carbonyl (C=O) groups excluding carboxylic acids is 2. The van der Waals surface area contributed by atoms with E-state index in [1.54, 1.807) is 4.90 Å². The summed E-state index contributed by atoms with van der Waals surface area (Å²) in [6.07, 6.45) is -5.67. The van der Waals surface area contributed by atoms with Crippen LogP contribution in [0.3, 0.4) is 0 Å². The standard InChI is InChI=1S/C28H41FN4O8S/c1-28(2,3)16-32-12-18-10-21(32)27(37)31-7-8-40-19(13-31)14-33(42(38,39)20-6-4-5-17(29)9-20)15-23-26(36)25(35)22(41-23)11-24(34)30-18/h4-6,9,18-19,21-23,25-26,35-36H,7-8,10-16H2,1-3H3,(H,30,34)/t18-,19-,21-,22-,23+,25-,26+/m0/s1. The van der Waals surface area contributed by atoms with E-state index in [4.69, 9.17) is 9.47 Å². The number of aliphatic hydroxyl groups is 2. The summed E-state index contributed by atoms with van der Waals surface area (Å²) in [6, 6.07) is 3.82. The van der Waals surface area contributed by atoms with Gasteiger partial charge in [-0.15, -0.1) is 0 Å². The van der Waals surface area contributed by atoms with Crippen molar-refractivity contribution in [1.29, 1.82) is 0 Å². The van der Waals surface area contributed by atoms with Crippen molar-refractivity contribution in [3.8, 4) is 0 Å². The van der Waals surface area contributed by atoms with Crippen molar-refractivity contribution in [2.45, 2.75) is 81.1 Å². The third-order valence-electron chi connectivity index (χ3n) is 8.25. The zero-order valence-electron chi connectivity index (χ0n) is 24.2. The quantitative estimate of drug-likeness (QED) is 0.413. The van der Waals surface area contributed by atoms with Gasteiger partial charge in [0, 0.05) is 45.3 Å². The number of rotatable bonds is 3. The van der Waals surface area contributed by atoms with Crippen LogP contribution in [-0.4, -0.2) is 133 Å². The summed E-state index contributed by atoms with van der Waals surface area (Å²) in [7, 11) is -4.32. The number of likely N-dealkylation sites (tertiary alicyclic amines) is 1. The molecule has 5 rings (SSSR count). The molecule has 14 heteroatoms. The number of benzene rings is 1. The zero-order chi connectivity index (χ0) is 30.4. The van der Waals surface area contributed by atoms with Gasteiger partial charge >= 0.3 is 0 Å². The van der Waals surface area contributed by atoms with Crippen molar-refractivity contribution in [3.63, 3.8) is 0 Å². The lowest BCUT2D eigenvalue weighted by atomic mass is 9.95. The smallest absolute Gasteiger partial charge is 0.243 e. The van der Waals surface area contributed by atoms with Crippen LogP contribution in [0.2, 0.25) is 0 Å². The van der Waals surface area contributed by atoms with Crippen LogP contribution in [0, 0.1) is 11.2 Å². The number of carbonyl (C=O) groups is 2. The van der Waals surface area contributed by atoms with Crippen molar-refractivity contribution in [2.24, 2.45) is 5.41 Å². The predicted molar refractivity (Wildman–Crippen MR) is 148 cm³/mol. The Kier molecular flexibility index (Phi) is 8.97. The van der Waals surface area contributed by atoms with Gasteiger partial charge in [0.15, 0.2) is 0 Å². The molecule has 4 aliphatic heterocycles. The van der Waals surface area contributed by atoms with E-state index in [-0.39, 0.29) is 54.9 Å². The van der Waals surface area contributed by atoms with E-state index in [0.717, 1.165) is 16.4 Å². The molecule has 4 fully saturated rings. The predicted octanol–water partition coefficient (Wildman–Crippen LogP) is -0.458. The second-order valence-corrected chi connectivity index (χ2v) is 14.9. The first-order valence-electron chi connectivity index (χ1n) is 14.4. The molecule has 0 spiro atoms. The van der Waals surface area contributed by atoms with Gasteiger partial charge < -0.3 is 29.9 Å². The number of nitrogens with zero attached hydrogens (tertiary/aromatic N) is 3. The molecule has 234 valence electrons. The Hall–Kier alpha value is -2.20. The Morgan fingerprint density at radius 2 is 1.81 bits per heavy atom. The average molecular weight is 613 g/mol. The maximum atomic E-state index is 14.0. The number of amides is 2. The minimum absolute atomic E-state index is 0.106. The second-order valence-electron chi connectivity index (χ2n) is 13.0. The van der Waals surface area contributed by atoms with Gasteiger partial charge in [0.05, 0.1) is 36.2 Å². The largest absolute Gasteiger partial charge is 0.388 e. The molecule has 42 heavy (non-hydrogen) atoms. The molecule has 0 saturated carbocycles. The van der Waals surface area contributed by atoms with Gasteiger partial charge in [-0.25, -0.2) is 12.8 Å². The molecule has 7 atom stereocenters. The van der Waals surface area contributed by atoms with E-state index in [0.29, 0.717) is 26.1 Å². The number of hydrogen-bond donors (Lipinski definition) is 3. The summed E-state index contributed by atoms with van der Waals surface area (Å²) < 4.78 is 54.4. The monoisotopic (exact) mass is 612 g/mol. The van der Waals surface area contributed by atoms with Crippen molar-refractivity contribution in [3.05, 3.63) is 30.1 Å². The average Bonchev–Trinajstić information content (AvgIpc) is 3.41. The number of halogens is 1. The summed E-state index contributed by atoms with van der Waals surface area (Å²) in [5.41, 5.74) is -0.109. The number of aliphatic hydroxyl groups excluding tert-OH is 2. The van der Waals surface area contributed by atoms with Gasteiger partial charge in [0.25, 0.3) is 0 Å². The second kappa shape index (κ2) is 12.1. The van der Waals surface area contributed by atoms with E-state index >= 15 is 0 Å². The Labute approximate surface area is 245 Å². The Morgan fingerprint density at radius 1 is 1.07 bits per heavy atom. The maximum absolute atomic E-state index is 14.0. The van der Waals surface area contributed by atoms with Crippen molar-refractivity contribution < 1.29 is 42.1 Å². The number of nitrogens with one attached hydrogen (secondary N) is 1. The summed E-state index contributed by atoms with van der Waals surface area (Å²) in [5.74, 6) is -1.24. The fourth-order valence-corrected chi connectivity index (χ4v) is 7.90. The van der Waals surface area contributed by atoms with Crippen LogP contribution in [-0.2, 0) is 29.1 Å². The third-order valence-corrected chi connectivity index (χ3v) is 10.1. The molecule has 4 saturated heterocycles.